The second-order valence-corrected chi connectivity index (χ2v) is 6.26. The molecule has 0 amide bonds. The molecule has 96 valence electrons. The zero-order chi connectivity index (χ0) is 12.5. The van der Waals surface area contributed by atoms with Crippen LogP contribution in [0.15, 0.2) is 29.6 Å². The summed E-state index contributed by atoms with van der Waals surface area (Å²) in [6, 6.07) is 9.97. The summed E-state index contributed by atoms with van der Waals surface area (Å²) in [5.74, 6) is 0. The van der Waals surface area contributed by atoms with Crippen molar-refractivity contribution in [1.29, 1.82) is 0 Å². The van der Waals surface area contributed by atoms with Crippen molar-refractivity contribution in [2.45, 2.75) is 24.9 Å². The number of fused-ring (bicyclic) bond motifs is 1. The van der Waals surface area contributed by atoms with Gasteiger partial charge in [-0.1, -0.05) is 18.2 Å². The van der Waals surface area contributed by atoms with E-state index in [4.69, 9.17) is 0 Å². The van der Waals surface area contributed by atoms with Gasteiger partial charge in [-0.2, -0.15) is 0 Å². The summed E-state index contributed by atoms with van der Waals surface area (Å²) < 4.78 is 1.39. The number of nitrogens with zero attached hydrogens (tertiary/aromatic N) is 1. The summed E-state index contributed by atoms with van der Waals surface area (Å²) in [7, 11) is 4.34. The quantitative estimate of drug-likeness (QED) is 0.887. The highest BCUT2D eigenvalue weighted by Gasteiger charge is 2.24. The highest BCUT2D eigenvalue weighted by atomic mass is 32.1. The maximum absolute atomic E-state index is 3.65. The molecule has 1 aromatic carbocycles. The molecule has 1 aliphatic rings. The van der Waals surface area contributed by atoms with Crippen molar-refractivity contribution < 1.29 is 0 Å². The van der Waals surface area contributed by atoms with Crippen LogP contribution in [0, 0.1) is 0 Å². The van der Waals surface area contributed by atoms with Crippen molar-refractivity contribution >= 4 is 21.4 Å². The first-order valence-corrected chi connectivity index (χ1v) is 7.49. The molecule has 1 fully saturated rings. The number of hydrogen-bond acceptors (Lipinski definition) is 3. The molecule has 1 atom stereocenters. The lowest BCUT2D eigenvalue weighted by Crippen LogP contribution is -2.31. The second kappa shape index (κ2) is 5.00. The number of likely N-dealkylation sites (N-methyl/N-ethyl adjacent to an activating group) is 1. The van der Waals surface area contributed by atoms with Gasteiger partial charge in [0.05, 0.1) is 0 Å². The average molecular weight is 260 g/mol. The van der Waals surface area contributed by atoms with Gasteiger partial charge in [-0.3, -0.25) is 0 Å². The predicted molar refractivity (Wildman–Crippen MR) is 79.3 cm³/mol. The zero-order valence-electron chi connectivity index (χ0n) is 11.0. The maximum Gasteiger partial charge on any atom is 0.0481 e. The first-order valence-electron chi connectivity index (χ1n) is 6.61. The number of thiophene rings is 1. The monoisotopic (exact) mass is 260 g/mol. The summed E-state index contributed by atoms with van der Waals surface area (Å²) in [5, 5.41) is 7.39. The van der Waals surface area contributed by atoms with Gasteiger partial charge in [0.2, 0.25) is 0 Å². The topological polar surface area (TPSA) is 15.3 Å². The zero-order valence-corrected chi connectivity index (χ0v) is 11.8. The molecule has 1 aliphatic carbocycles. The minimum Gasteiger partial charge on any atom is -0.312 e. The van der Waals surface area contributed by atoms with Gasteiger partial charge < -0.3 is 10.2 Å². The van der Waals surface area contributed by atoms with Gasteiger partial charge in [-0.05, 0) is 49.3 Å². The molecule has 0 aliphatic heterocycles. The van der Waals surface area contributed by atoms with Crippen molar-refractivity contribution in [1.82, 2.24) is 10.2 Å². The minimum atomic E-state index is 0.474. The Morgan fingerprint density at radius 3 is 2.83 bits per heavy atom. The van der Waals surface area contributed by atoms with Crippen molar-refractivity contribution in [2.75, 3.05) is 20.6 Å². The van der Waals surface area contributed by atoms with Crippen molar-refractivity contribution in [2.24, 2.45) is 0 Å². The van der Waals surface area contributed by atoms with E-state index < -0.39 is 0 Å². The van der Waals surface area contributed by atoms with Crippen LogP contribution in [-0.2, 0) is 0 Å². The Morgan fingerprint density at radius 1 is 1.33 bits per heavy atom. The van der Waals surface area contributed by atoms with Gasteiger partial charge in [0.25, 0.3) is 0 Å². The number of nitrogens with one attached hydrogen (secondary N) is 1. The SMILES string of the molecule is CN(C)C(CNC1CC1)c1csc2ccccc12. The Morgan fingerprint density at radius 2 is 2.11 bits per heavy atom. The Hall–Kier alpha value is -0.900. The largest absolute Gasteiger partial charge is 0.312 e. The molecule has 1 saturated carbocycles. The van der Waals surface area contributed by atoms with Crippen LogP contribution in [0.25, 0.3) is 10.1 Å². The molecule has 1 N–H and O–H groups in total. The van der Waals surface area contributed by atoms with E-state index >= 15 is 0 Å². The molecule has 2 nitrogen and oxygen atoms in total. The smallest absolute Gasteiger partial charge is 0.0481 e. The lowest BCUT2D eigenvalue weighted by atomic mass is 10.0. The molecule has 1 heterocycles. The van der Waals surface area contributed by atoms with Gasteiger partial charge in [0.1, 0.15) is 0 Å². The van der Waals surface area contributed by atoms with Crippen LogP contribution in [0.2, 0.25) is 0 Å². The Labute approximate surface area is 113 Å². The minimum absolute atomic E-state index is 0.474. The third-order valence-corrected chi connectivity index (χ3v) is 4.65. The van der Waals surface area contributed by atoms with E-state index in [2.05, 4.69) is 54.0 Å². The normalized spacial score (nSPS) is 17.5. The van der Waals surface area contributed by atoms with Crippen molar-refractivity contribution in [3.8, 4) is 0 Å². The fraction of sp³-hybridized carbons (Fsp3) is 0.467. The van der Waals surface area contributed by atoms with Gasteiger partial charge in [0.15, 0.2) is 0 Å². The van der Waals surface area contributed by atoms with Crippen molar-refractivity contribution in [3.63, 3.8) is 0 Å². The fourth-order valence-corrected chi connectivity index (χ4v) is 3.40. The van der Waals surface area contributed by atoms with Crippen LogP contribution >= 0.6 is 11.3 Å². The van der Waals surface area contributed by atoms with E-state index in [1.807, 2.05) is 11.3 Å². The van der Waals surface area contributed by atoms with Gasteiger partial charge >= 0.3 is 0 Å². The van der Waals surface area contributed by atoms with Gasteiger partial charge in [0, 0.05) is 23.3 Å². The molecular formula is C15H20N2S. The standard InChI is InChI=1S/C15H20N2S/c1-17(2)14(9-16-11-7-8-11)13-10-18-15-6-4-3-5-12(13)15/h3-6,10-11,14,16H,7-9H2,1-2H3. The van der Waals surface area contributed by atoms with Crippen LogP contribution in [0.4, 0.5) is 0 Å². The van der Waals surface area contributed by atoms with E-state index in [0.717, 1.165) is 12.6 Å². The molecule has 2 aromatic rings. The molecular weight excluding hydrogens is 240 g/mol. The summed E-state index contributed by atoms with van der Waals surface area (Å²) in [5.41, 5.74) is 1.47. The van der Waals surface area contributed by atoms with Crippen LogP contribution < -0.4 is 5.32 Å². The summed E-state index contributed by atoms with van der Waals surface area (Å²) >= 11 is 1.86. The molecule has 1 aromatic heterocycles. The lowest BCUT2D eigenvalue weighted by molar-refractivity contribution is 0.290. The predicted octanol–water partition coefficient (Wildman–Crippen LogP) is 3.26. The second-order valence-electron chi connectivity index (χ2n) is 5.35. The lowest BCUT2D eigenvalue weighted by Gasteiger charge is -2.24. The number of benzene rings is 1. The number of hydrogen-bond donors (Lipinski definition) is 1. The molecule has 1 unspecified atom stereocenters. The molecule has 3 rings (SSSR count). The van der Waals surface area contributed by atoms with Crippen LogP contribution in [-0.4, -0.2) is 31.6 Å². The highest BCUT2D eigenvalue weighted by molar-refractivity contribution is 7.17. The Balaban J connectivity index is 1.87. The number of rotatable bonds is 5. The van der Waals surface area contributed by atoms with Crippen LogP contribution in [0.1, 0.15) is 24.4 Å². The third kappa shape index (κ3) is 2.44. The van der Waals surface area contributed by atoms with Crippen molar-refractivity contribution in [3.05, 3.63) is 35.2 Å². The molecule has 0 bridgehead atoms. The average Bonchev–Trinajstić information content (AvgIpc) is 3.09. The van der Waals surface area contributed by atoms with Gasteiger partial charge in [-0.15, -0.1) is 11.3 Å². The van der Waals surface area contributed by atoms with E-state index in [-0.39, 0.29) is 0 Å². The highest BCUT2D eigenvalue weighted by Crippen LogP contribution is 2.32. The van der Waals surface area contributed by atoms with E-state index in [1.54, 1.807) is 0 Å². The molecule has 0 radical (unpaired) electrons. The van der Waals surface area contributed by atoms with Crippen LogP contribution in [0.3, 0.4) is 0 Å². The summed E-state index contributed by atoms with van der Waals surface area (Å²) in [6.45, 7) is 1.05. The third-order valence-electron chi connectivity index (χ3n) is 3.67. The van der Waals surface area contributed by atoms with Gasteiger partial charge in [-0.25, -0.2) is 0 Å². The Bertz CT molecular complexity index is 528. The molecule has 3 heteroatoms. The van der Waals surface area contributed by atoms with E-state index in [9.17, 15) is 0 Å². The molecule has 0 spiro atoms. The summed E-state index contributed by atoms with van der Waals surface area (Å²) in [6.07, 6.45) is 2.70. The van der Waals surface area contributed by atoms with Crippen LogP contribution in [0.5, 0.6) is 0 Å². The Kier molecular flexibility index (Phi) is 3.37. The maximum atomic E-state index is 3.65. The fourth-order valence-electron chi connectivity index (χ4n) is 2.39. The van der Waals surface area contributed by atoms with E-state index in [0.29, 0.717) is 6.04 Å². The summed E-state index contributed by atoms with van der Waals surface area (Å²) in [4.78, 5) is 2.32. The first kappa shape index (κ1) is 12.2. The first-order chi connectivity index (χ1) is 8.75. The van der Waals surface area contributed by atoms with E-state index in [1.165, 1.54) is 28.5 Å². The molecule has 0 saturated heterocycles. The molecule has 18 heavy (non-hydrogen) atoms.